The predicted octanol–water partition coefficient (Wildman–Crippen LogP) is 4.20. The van der Waals surface area contributed by atoms with Gasteiger partial charge in [0.2, 0.25) is 0 Å². The Hall–Kier alpha value is -1.58. The van der Waals surface area contributed by atoms with Crippen molar-refractivity contribution in [2.24, 2.45) is 11.8 Å². The van der Waals surface area contributed by atoms with Crippen LogP contribution in [0.25, 0.3) is 0 Å². The molecule has 0 fully saturated rings. The average molecular weight is 265 g/mol. The standard InChI is InChI=1S/C15H20FNO2/c1-8(2)15(9(3)4)11-7-12(16)10(5)6-13(11)17-14(18)19-15/h6-9H,1-5H3,(H,17,18). The minimum atomic E-state index is -0.786. The Kier molecular flexibility index (Phi) is 3.29. The second-order valence-electron chi connectivity index (χ2n) is 5.76. The normalized spacial score (nSPS) is 17.2. The fourth-order valence-corrected chi connectivity index (χ4v) is 2.98. The van der Waals surface area contributed by atoms with Gasteiger partial charge in [-0.2, -0.15) is 0 Å². The van der Waals surface area contributed by atoms with E-state index < -0.39 is 11.7 Å². The topological polar surface area (TPSA) is 38.3 Å². The summed E-state index contributed by atoms with van der Waals surface area (Å²) in [5.74, 6) is -0.164. The Morgan fingerprint density at radius 1 is 1.21 bits per heavy atom. The lowest BCUT2D eigenvalue weighted by Crippen LogP contribution is -2.47. The number of amides is 1. The van der Waals surface area contributed by atoms with Gasteiger partial charge in [0.05, 0.1) is 5.69 Å². The van der Waals surface area contributed by atoms with Gasteiger partial charge in [-0.25, -0.2) is 9.18 Å². The molecule has 1 heterocycles. The SMILES string of the molecule is Cc1cc2c(cc1F)C(C(C)C)(C(C)C)OC(=O)N2. The highest BCUT2D eigenvalue weighted by Gasteiger charge is 2.47. The first-order chi connectivity index (χ1) is 8.79. The van der Waals surface area contributed by atoms with Crippen LogP contribution in [0.3, 0.4) is 0 Å². The monoisotopic (exact) mass is 265 g/mol. The molecule has 104 valence electrons. The molecule has 1 amide bonds. The van der Waals surface area contributed by atoms with Crippen LogP contribution in [-0.4, -0.2) is 6.09 Å². The third-order valence-electron chi connectivity index (χ3n) is 3.93. The van der Waals surface area contributed by atoms with Crippen molar-refractivity contribution in [2.75, 3.05) is 5.32 Å². The van der Waals surface area contributed by atoms with Crippen molar-refractivity contribution in [1.82, 2.24) is 0 Å². The lowest BCUT2D eigenvalue weighted by Gasteiger charge is -2.44. The van der Waals surface area contributed by atoms with Crippen molar-refractivity contribution in [3.63, 3.8) is 0 Å². The third kappa shape index (κ3) is 1.99. The Bertz CT molecular complexity index is 515. The van der Waals surface area contributed by atoms with E-state index in [2.05, 4.69) is 5.32 Å². The number of aryl methyl sites for hydroxylation is 1. The molecule has 0 bridgehead atoms. The van der Waals surface area contributed by atoms with Crippen LogP contribution in [0.5, 0.6) is 0 Å². The summed E-state index contributed by atoms with van der Waals surface area (Å²) < 4.78 is 19.5. The number of carbonyl (C=O) groups is 1. The average Bonchev–Trinajstić information content (AvgIpc) is 2.29. The maximum Gasteiger partial charge on any atom is 0.412 e. The van der Waals surface area contributed by atoms with Crippen LogP contribution in [-0.2, 0) is 10.3 Å². The molecule has 1 aliphatic rings. The molecule has 0 radical (unpaired) electrons. The molecule has 1 aromatic rings. The quantitative estimate of drug-likeness (QED) is 0.870. The molecular weight excluding hydrogens is 245 g/mol. The molecule has 1 aromatic carbocycles. The summed E-state index contributed by atoms with van der Waals surface area (Å²) in [7, 11) is 0. The van der Waals surface area contributed by atoms with E-state index in [0.717, 1.165) is 5.56 Å². The molecule has 19 heavy (non-hydrogen) atoms. The number of hydrogen-bond acceptors (Lipinski definition) is 2. The number of anilines is 1. The number of ether oxygens (including phenoxy) is 1. The predicted molar refractivity (Wildman–Crippen MR) is 72.6 cm³/mol. The molecule has 0 saturated carbocycles. The van der Waals surface area contributed by atoms with Gasteiger partial charge in [0, 0.05) is 5.56 Å². The minimum Gasteiger partial charge on any atom is -0.437 e. The van der Waals surface area contributed by atoms with E-state index in [4.69, 9.17) is 4.74 Å². The van der Waals surface area contributed by atoms with E-state index in [0.29, 0.717) is 11.3 Å². The molecule has 4 heteroatoms. The van der Waals surface area contributed by atoms with Crippen molar-refractivity contribution in [2.45, 2.75) is 40.2 Å². The third-order valence-corrected chi connectivity index (χ3v) is 3.93. The summed E-state index contributed by atoms with van der Waals surface area (Å²) in [5.41, 5.74) is 1.10. The van der Waals surface area contributed by atoms with Gasteiger partial charge >= 0.3 is 6.09 Å². The first kappa shape index (κ1) is 13.8. The second kappa shape index (κ2) is 4.51. The summed E-state index contributed by atoms with van der Waals surface area (Å²) in [6.45, 7) is 9.63. The smallest absolute Gasteiger partial charge is 0.412 e. The van der Waals surface area contributed by atoms with Crippen LogP contribution in [0.2, 0.25) is 0 Å². The first-order valence-electron chi connectivity index (χ1n) is 6.59. The van der Waals surface area contributed by atoms with Gasteiger partial charge in [-0.15, -0.1) is 0 Å². The van der Waals surface area contributed by atoms with E-state index in [1.54, 1.807) is 13.0 Å². The zero-order valence-corrected chi connectivity index (χ0v) is 12.0. The van der Waals surface area contributed by atoms with Gasteiger partial charge in [-0.3, -0.25) is 5.32 Å². The molecule has 0 aliphatic carbocycles. The second-order valence-corrected chi connectivity index (χ2v) is 5.76. The summed E-state index contributed by atoms with van der Waals surface area (Å²) in [6.07, 6.45) is -0.471. The molecule has 0 saturated heterocycles. The summed E-state index contributed by atoms with van der Waals surface area (Å²) >= 11 is 0. The van der Waals surface area contributed by atoms with Gasteiger partial charge in [0.25, 0.3) is 0 Å². The molecule has 0 spiro atoms. The maximum absolute atomic E-state index is 13.9. The van der Waals surface area contributed by atoms with Gasteiger partial charge in [-0.05, 0) is 36.5 Å². The molecule has 1 aliphatic heterocycles. The lowest BCUT2D eigenvalue weighted by molar-refractivity contribution is -0.0631. The van der Waals surface area contributed by atoms with Gasteiger partial charge in [-0.1, -0.05) is 27.7 Å². The molecule has 0 aromatic heterocycles. The Morgan fingerprint density at radius 2 is 1.79 bits per heavy atom. The van der Waals surface area contributed by atoms with E-state index in [1.807, 2.05) is 27.7 Å². The van der Waals surface area contributed by atoms with Crippen LogP contribution in [0.1, 0.15) is 38.8 Å². The molecule has 0 unspecified atom stereocenters. The zero-order valence-electron chi connectivity index (χ0n) is 12.0. The highest BCUT2D eigenvalue weighted by molar-refractivity contribution is 5.89. The number of rotatable bonds is 2. The van der Waals surface area contributed by atoms with Crippen molar-refractivity contribution >= 4 is 11.8 Å². The van der Waals surface area contributed by atoms with E-state index >= 15 is 0 Å². The number of cyclic esters (lactones) is 1. The Morgan fingerprint density at radius 3 is 2.32 bits per heavy atom. The lowest BCUT2D eigenvalue weighted by atomic mass is 9.73. The van der Waals surface area contributed by atoms with Crippen LogP contribution in [0, 0.1) is 24.6 Å². The number of nitrogens with one attached hydrogen (secondary N) is 1. The molecule has 3 nitrogen and oxygen atoms in total. The van der Waals surface area contributed by atoms with E-state index in [1.165, 1.54) is 6.07 Å². The highest BCUT2D eigenvalue weighted by atomic mass is 19.1. The summed E-state index contributed by atoms with van der Waals surface area (Å²) in [4.78, 5) is 11.8. The Labute approximate surface area is 113 Å². The summed E-state index contributed by atoms with van der Waals surface area (Å²) in [5, 5.41) is 2.66. The zero-order chi connectivity index (χ0) is 14.4. The fraction of sp³-hybridized carbons (Fsp3) is 0.533. The highest BCUT2D eigenvalue weighted by Crippen LogP contribution is 2.47. The van der Waals surface area contributed by atoms with Crippen molar-refractivity contribution in [3.8, 4) is 0 Å². The van der Waals surface area contributed by atoms with Crippen LogP contribution in [0.15, 0.2) is 12.1 Å². The van der Waals surface area contributed by atoms with E-state index in [9.17, 15) is 9.18 Å². The molecule has 2 rings (SSSR count). The number of halogens is 1. The van der Waals surface area contributed by atoms with Crippen LogP contribution < -0.4 is 5.32 Å². The first-order valence-corrected chi connectivity index (χ1v) is 6.59. The number of fused-ring (bicyclic) bond motifs is 1. The molecule has 1 N–H and O–H groups in total. The molecule has 0 atom stereocenters. The number of carbonyl (C=O) groups excluding carboxylic acids is 1. The van der Waals surface area contributed by atoms with Crippen LogP contribution in [0.4, 0.5) is 14.9 Å². The van der Waals surface area contributed by atoms with Crippen molar-refractivity contribution < 1.29 is 13.9 Å². The van der Waals surface area contributed by atoms with Gasteiger partial charge < -0.3 is 4.74 Å². The number of benzene rings is 1. The molecular formula is C15H20FNO2. The summed E-state index contributed by atoms with van der Waals surface area (Å²) in [6, 6.07) is 3.16. The Balaban J connectivity index is 2.72. The van der Waals surface area contributed by atoms with E-state index in [-0.39, 0.29) is 17.7 Å². The number of hydrogen-bond donors (Lipinski definition) is 1. The van der Waals surface area contributed by atoms with Gasteiger partial charge in [0.15, 0.2) is 0 Å². The largest absolute Gasteiger partial charge is 0.437 e. The maximum atomic E-state index is 13.9. The van der Waals surface area contributed by atoms with Crippen LogP contribution >= 0.6 is 0 Å². The van der Waals surface area contributed by atoms with Crippen molar-refractivity contribution in [1.29, 1.82) is 0 Å². The fourth-order valence-electron chi connectivity index (χ4n) is 2.98. The minimum absolute atomic E-state index is 0.0550. The van der Waals surface area contributed by atoms with Gasteiger partial charge in [0.1, 0.15) is 11.4 Å². The van der Waals surface area contributed by atoms with Crippen molar-refractivity contribution in [3.05, 3.63) is 29.1 Å².